The van der Waals surface area contributed by atoms with Crippen LogP contribution in [0.25, 0.3) is 5.57 Å². The predicted octanol–water partition coefficient (Wildman–Crippen LogP) is 3.59. The van der Waals surface area contributed by atoms with Crippen LogP contribution < -0.4 is 4.90 Å². The molecule has 1 unspecified atom stereocenters. The van der Waals surface area contributed by atoms with Crippen LogP contribution in [-0.4, -0.2) is 42.6 Å². The van der Waals surface area contributed by atoms with E-state index in [1.807, 2.05) is 6.92 Å². The number of benzene rings is 1. The van der Waals surface area contributed by atoms with Crippen molar-refractivity contribution >= 4 is 17.2 Å². The van der Waals surface area contributed by atoms with Gasteiger partial charge >= 0.3 is 5.97 Å². The molecule has 4 heterocycles. The standard InChI is InChI=1S/C22H26N2O2/c1-3-22-11-7-12-23-13-10-16-15-8-5-6-9-17(15)24(19(16)20(22)23)18(14-22)21(25)26-4-2/h5-6,8-10,14,19-20H,3-4,7,11-13H2,1-2H3/t19?,20-,22+/m1/s1. The van der Waals surface area contributed by atoms with Crippen LogP contribution in [0, 0.1) is 5.41 Å². The van der Waals surface area contributed by atoms with Gasteiger partial charge in [0, 0.05) is 29.3 Å². The smallest absolute Gasteiger partial charge is 0.354 e. The number of carbonyl (C=O) groups is 1. The lowest BCUT2D eigenvalue weighted by molar-refractivity contribution is -0.139. The Bertz CT molecular complexity index is 827. The summed E-state index contributed by atoms with van der Waals surface area (Å²) < 4.78 is 5.47. The number of piperidine rings is 1. The molecule has 4 aliphatic rings. The van der Waals surface area contributed by atoms with Crippen molar-refractivity contribution in [2.75, 3.05) is 24.6 Å². The van der Waals surface area contributed by atoms with Crippen LogP contribution in [-0.2, 0) is 9.53 Å². The molecule has 4 aliphatic heterocycles. The molecule has 0 saturated carbocycles. The number of esters is 1. The molecular formula is C22H26N2O2. The van der Waals surface area contributed by atoms with E-state index in [-0.39, 0.29) is 17.4 Å². The van der Waals surface area contributed by atoms with E-state index in [9.17, 15) is 4.79 Å². The summed E-state index contributed by atoms with van der Waals surface area (Å²) in [5.41, 5.74) is 4.64. The van der Waals surface area contributed by atoms with Crippen LogP contribution in [0.1, 0.15) is 38.7 Å². The van der Waals surface area contributed by atoms with Crippen molar-refractivity contribution in [2.24, 2.45) is 5.41 Å². The Balaban J connectivity index is 1.75. The number of para-hydroxylation sites is 1. The Hall–Kier alpha value is -2.07. The first kappa shape index (κ1) is 16.1. The summed E-state index contributed by atoms with van der Waals surface area (Å²) in [5.74, 6) is -0.183. The molecule has 136 valence electrons. The van der Waals surface area contributed by atoms with Gasteiger partial charge in [0.2, 0.25) is 0 Å². The third kappa shape index (κ3) is 1.96. The number of fused-ring (bicyclic) bond motifs is 3. The summed E-state index contributed by atoms with van der Waals surface area (Å²) in [5, 5.41) is 0. The van der Waals surface area contributed by atoms with Gasteiger partial charge < -0.3 is 9.64 Å². The Kier molecular flexibility index (Phi) is 3.54. The fourth-order valence-electron chi connectivity index (χ4n) is 5.74. The van der Waals surface area contributed by atoms with E-state index in [1.165, 1.54) is 17.6 Å². The van der Waals surface area contributed by atoms with Gasteiger partial charge in [-0.15, -0.1) is 0 Å². The van der Waals surface area contributed by atoms with E-state index in [1.54, 1.807) is 0 Å². The third-order valence-electron chi connectivity index (χ3n) is 6.81. The van der Waals surface area contributed by atoms with E-state index >= 15 is 0 Å². The van der Waals surface area contributed by atoms with Gasteiger partial charge in [-0.3, -0.25) is 4.90 Å². The minimum atomic E-state index is -0.183. The molecule has 0 radical (unpaired) electrons. The van der Waals surface area contributed by atoms with Crippen LogP contribution in [0.2, 0.25) is 0 Å². The van der Waals surface area contributed by atoms with E-state index in [2.05, 4.69) is 53.1 Å². The van der Waals surface area contributed by atoms with Crippen LogP contribution in [0.15, 0.2) is 42.1 Å². The quantitative estimate of drug-likeness (QED) is 0.780. The molecule has 1 aromatic carbocycles. The van der Waals surface area contributed by atoms with Crippen molar-refractivity contribution in [1.82, 2.24) is 4.90 Å². The predicted molar refractivity (Wildman–Crippen MR) is 103 cm³/mol. The SMILES string of the molecule is CCOC(=O)C1=C[C@]2(CC)CCCN3CC=C4c5ccccc5N1C4[C@@H]32. The summed E-state index contributed by atoms with van der Waals surface area (Å²) in [4.78, 5) is 17.8. The topological polar surface area (TPSA) is 32.8 Å². The molecule has 0 amide bonds. The maximum absolute atomic E-state index is 12.9. The summed E-state index contributed by atoms with van der Waals surface area (Å²) in [6.07, 6.45) is 8.07. The number of nitrogens with zero attached hydrogens (tertiary/aromatic N) is 2. The second-order valence-corrected chi connectivity index (χ2v) is 7.87. The molecular weight excluding hydrogens is 324 g/mol. The van der Waals surface area contributed by atoms with E-state index in [0.717, 1.165) is 37.3 Å². The first-order chi connectivity index (χ1) is 12.7. The lowest BCUT2D eigenvalue weighted by Gasteiger charge is -2.57. The fourth-order valence-corrected chi connectivity index (χ4v) is 5.74. The van der Waals surface area contributed by atoms with Gasteiger partial charge in [-0.05, 0) is 50.4 Å². The minimum Gasteiger partial charge on any atom is -0.461 e. The number of carbonyl (C=O) groups excluding carboxylic acids is 1. The van der Waals surface area contributed by atoms with E-state index in [4.69, 9.17) is 4.74 Å². The number of hydrogen-bond donors (Lipinski definition) is 0. The zero-order valence-corrected chi connectivity index (χ0v) is 15.6. The van der Waals surface area contributed by atoms with E-state index < -0.39 is 0 Å². The lowest BCUT2D eigenvalue weighted by atomic mass is 9.64. The van der Waals surface area contributed by atoms with Gasteiger partial charge in [-0.1, -0.05) is 31.2 Å². The zero-order chi connectivity index (χ0) is 17.9. The Labute approximate surface area is 155 Å². The fraction of sp³-hybridized carbons (Fsp3) is 0.500. The molecule has 26 heavy (non-hydrogen) atoms. The highest BCUT2D eigenvalue weighted by atomic mass is 16.5. The molecule has 0 N–H and O–H groups in total. The molecule has 5 rings (SSSR count). The first-order valence-corrected chi connectivity index (χ1v) is 9.93. The molecule has 1 fully saturated rings. The number of anilines is 1. The van der Waals surface area contributed by atoms with Crippen LogP contribution in [0.5, 0.6) is 0 Å². The minimum absolute atomic E-state index is 0.0586. The highest BCUT2D eigenvalue weighted by Gasteiger charge is 2.57. The molecule has 3 atom stereocenters. The highest BCUT2D eigenvalue weighted by molar-refractivity contribution is 6.01. The summed E-state index contributed by atoms with van der Waals surface area (Å²) in [7, 11) is 0. The average molecular weight is 350 g/mol. The largest absolute Gasteiger partial charge is 0.461 e. The number of ether oxygens (including phenoxy) is 1. The van der Waals surface area contributed by atoms with Gasteiger partial charge in [0.1, 0.15) is 5.70 Å². The molecule has 4 heteroatoms. The maximum atomic E-state index is 12.9. The van der Waals surface area contributed by atoms with Gasteiger partial charge in [0.05, 0.1) is 12.6 Å². The summed E-state index contributed by atoms with van der Waals surface area (Å²) >= 11 is 0. The van der Waals surface area contributed by atoms with Crippen molar-refractivity contribution in [3.8, 4) is 0 Å². The summed E-state index contributed by atoms with van der Waals surface area (Å²) in [6, 6.07) is 9.19. The molecule has 0 spiro atoms. The van der Waals surface area contributed by atoms with Crippen molar-refractivity contribution in [1.29, 1.82) is 0 Å². The molecule has 0 aliphatic carbocycles. The van der Waals surface area contributed by atoms with Crippen molar-refractivity contribution < 1.29 is 9.53 Å². The van der Waals surface area contributed by atoms with E-state index in [0.29, 0.717) is 12.6 Å². The van der Waals surface area contributed by atoms with Gasteiger partial charge in [0.25, 0.3) is 0 Å². The second-order valence-electron chi connectivity index (χ2n) is 7.87. The Morgan fingerprint density at radius 2 is 2.15 bits per heavy atom. The number of rotatable bonds is 3. The second kappa shape index (κ2) is 5.71. The first-order valence-electron chi connectivity index (χ1n) is 9.93. The van der Waals surface area contributed by atoms with Crippen LogP contribution in [0.4, 0.5) is 5.69 Å². The molecule has 0 bridgehead atoms. The summed E-state index contributed by atoms with van der Waals surface area (Å²) in [6.45, 7) is 6.74. The monoisotopic (exact) mass is 350 g/mol. The number of hydrogen-bond acceptors (Lipinski definition) is 4. The maximum Gasteiger partial charge on any atom is 0.354 e. The molecule has 1 saturated heterocycles. The van der Waals surface area contributed by atoms with Crippen molar-refractivity contribution in [3.05, 3.63) is 47.7 Å². The normalized spacial score (nSPS) is 31.7. The zero-order valence-electron chi connectivity index (χ0n) is 15.6. The van der Waals surface area contributed by atoms with Crippen molar-refractivity contribution in [3.63, 3.8) is 0 Å². The molecule has 4 nitrogen and oxygen atoms in total. The van der Waals surface area contributed by atoms with Crippen LogP contribution in [0.3, 0.4) is 0 Å². The highest BCUT2D eigenvalue weighted by Crippen LogP contribution is 2.56. The van der Waals surface area contributed by atoms with Gasteiger partial charge in [0.15, 0.2) is 0 Å². The van der Waals surface area contributed by atoms with Crippen LogP contribution >= 0.6 is 0 Å². The van der Waals surface area contributed by atoms with Gasteiger partial charge in [-0.25, -0.2) is 4.79 Å². The average Bonchev–Trinajstić information content (AvgIpc) is 3.02. The Morgan fingerprint density at radius 1 is 1.31 bits per heavy atom. The lowest BCUT2D eigenvalue weighted by Crippen LogP contribution is -2.65. The van der Waals surface area contributed by atoms with Crippen molar-refractivity contribution in [2.45, 2.75) is 45.2 Å². The molecule has 0 aromatic heterocycles. The third-order valence-corrected chi connectivity index (χ3v) is 6.81. The Morgan fingerprint density at radius 3 is 2.96 bits per heavy atom. The van der Waals surface area contributed by atoms with Gasteiger partial charge in [-0.2, -0.15) is 0 Å². The molecule has 1 aromatic rings.